The van der Waals surface area contributed by atoms with Crippen LogP contribution in [-0.4, -0.2) is 49.0 Å². The average molecular weight is 445 g/mol. The zero-order chi connectivity index (χ0) is 24.3. The second kappa shape index (κ2) is 7.61. The van der Waals surface area contributed by atoms with E-state index in [0.717, 1.165) is 12.1 Å². The number of carbonyl (C=O) groups is 1. The minimum absolute atomic E-state index is 0.129. The minimum Gasteiger partial charge on any atom is -0.472 e. The first-order valence-electron chi connectivity index (χ1n) is 11.1. The predicted molar refractivity (Wildman–Crippen MR) is 107 cm³/mol. The number of amides is 1. The summed E-state index contributed by atoms with van der Waals surface area (Å²) >= 11 is 0. The number of ether oxygens (including phenoxy) is 1. The molecule has 2 aromatic heterocycles. The van der Waals surface area contributed by atoms with Crippen LogP contribution in [0, 0.1) is 5.92 Å². The number of benzene rings is 1. The Kier molecular flexibility index (Phi) is 4.32. The molecule has 0 radical (unpaired) electrons. The molecule has 1 aliphatic heterocycles. The number of rotatable bonds is 4. The van der Waals surface area contributed by atoms with Crippen LogP contribution in [-0.2, 0) is 6.18 Å². The van der Waals surface area contributed by atoms with Gasteiger partial charge in [0.1, 0.15) is 6.10 Å². The molecule has 1 aliphatic carbocycles. The number of likely N-dealkylation sites (tertiary alicyclic amines) is 1. The van der Waals surface area contributed by atoms with Crippen molar-refractivity contribution >= 4 is 5.91 Å². The van der Waals surface area contributed by atoms with Gasteiger partial charge in [-0.25, -0.2) is 4.98 Å². The van der Waals surface area contributed by atoms with Gasteiger partial charge in [0.15, 0.2) is 0 Å². The standard InChI is InChI=1S/C22H20F3N5O2/c1-13-14-10-18(19(11-14)32-20-7-6-15(12-26-20)22(23,24)25)29(13)21(31)16-4-2-3-5-17(16)30-27-8-9-28-30/h2-9,12-14,18-19H,10-11H2,1H3/t13-,14-,18+,19-/m1/s1/i11D2. The first kappa shape index (κ1) is 18.2. The Bertz CT molecular complexity index is 1200. The highest BCUT2D eigenvalue weighted by Crippen LogP contribution is 2.44. The number of aromatic nitrogens is 4. The number of hydrogen-bond acceptors (Lipinski definition) is 5. The number of piperidine rings is 1. The quantitative estimate of drug-likeness (QED) is 0.612. The highest BCUT2D eigenvalue weighted by Gasteiger charge is 2.53. The number of carbonyl (C=O) groups excluding carboxylic acids is 1. The molecule has 2 bridgehead atoms. The lowest BCUT2D eigenvalue weighted by Crippen LogP contribution is -2.51. The van der Waals surface area contributed by atoms with Crippen LogP contribution in [0.5, 0.6) is 5.88 Å². The number of alkyl halides is 3. The number of nitrogens with zero attached hydrogens (tertiary/aromatic N) is 5. The summed E-state index contributed by atoms with van der Waals surface area (Å²) in [4.78, 5) is 20.3. The third-order valence-electron chi connectivity index (χ3n) is 5.92. The fourth-order valence-corrected chi connectivity index (χ4v) is 4.37. The van der Waals surface area contributed by atoms with Crippen molar-refractivity contribution in [3.8, 4) is 11.6 Å². The van der Waals surface area contributed by atoms with Gasteiger partial charge in [0, 0.05) is 21.0 Å². The lowest BCUT2D eigenvalue weighted by molar-refractivity contribution is -0.137. The average Bonchev–Trinajstić information content (AvgIpc) is 3.50. The van der Waals surface area contributed by atoms with Gasteiger partial charge in [-0.1, -0.05) is 12.1 Å². The fourth-order valence-electron chi connectivity index (χ4n) is 4.37. The van der Waals surface area contributed by atoms with Crippen molar-refractivity contribution < 1.29 is 25.4 Å². The molecule has 1 aromatic carbocycles. The minimum atomic E-state index is -4.54. The first-order valence-corrected chi connectivity index (χ1v) is 10.1. The molecular formula is C22H20F3N5O2. The van der Waals surface area contributed by atoms with Crippen LogP contribution in [0.4, 0.5) is 13.2 Å². The first-order chi connectivity index (χ1) is 16.1. The zero-order valence-corrected chi connectivity index (χ0v) is 16.9. The van der Waals surface area contributed by atoms with Crippen molar-refractivity contribution in [3.63, 3.8) is 0 Å². The second-order valence-electron chi connectivity index (χ2n) is 7.79. The van der Waals surface area contributed by atoms with Crippen molar-refractivity contribution in [2.75, 3.05) is 0 Å². The van der Waals surface area contributed by atoms with Gasteiger partial charge in [-0.15, -0.1) is 0 Å². The molecule has 2 fully saturated rings. The van der Waals surface area contributed by atoms with Gasteiger partial charge in [0.2, 0.25) is 5.88 Å². The SMILES string of the molecule is [2H]C1([2H])[C@H]2C[C@@H]([C@@H]1Oc1ccc(C(F)(F)F)cn1)N(C(=O)c1ccccc1-n1nccn1)[C@@H]2C. The van der Waals surface area contributed by atoms with Crippen LogP contribution in [0.2, 0.25) is 0 Å². The van der Waals surface area contributed by atoms with Crippen molar-refractivity contribution in [2.24, 2.45) is 5.92 Å². The molecule has 4 atom stereocenters. The molecule has 10 heteroatoms. The van der Waals surface area contributed by atoms with Crippen LogP contribution in [0.15, 0.2) is 55.0 Å². The molecular weight excluding hydrogens is 423 g/mol. The smallest absolute Gasteiger partial charge is 0.417 e. The Morgan fingerprint density at radius 1 is 1.19 bits per heavy atom. The highest BCUT2D eigenvalue weighted by atomic mass is 19.4. The third kappa shape index (κ3) is 3.49. The van der Waals surface area contributed by atoms with Gasteiger partial charge in [0.25, 0.3) is 5.91 Å². The number of hydrogen-bond donors (Lipinski definition) is 0. The predicted octanol–water partition coefficient (Wildman–Crippen LogP) is 3.75. The molecule has 2 aliphatic rings. The summed E-state index contributed by atoms with van der Waals surface area (Å²) in [5.41, 5.74) is -0.0903. The lowest BCUT2D eigenvalue weighted by Gasteiger charge is -2.38. The molecule has 0 unspecified atom stereocenters. The molecule has 5 rings (SSSR count). The summed E-state index contributed by atoms with van der Waals surface area (Å²) in [5, 5.41) is 8.21. The maximum atomic E-state index is 13.7. The summed E-state index contributed by atoms with van der Waals surface area (Å²) in [6.45, 7) is 1.79. The largest absolute Gasteiger partial charge is 0.472 e. The van der Waals surface area contributed by atoms with Crippen LogP contribution in [0.25, 0.3) is 5.69 Å². The van der Waals surface area contributed by atoms with Gasteiger partial charge in [-0.2, -0.15) is 28.2 Å². The van der Waals surface area contributed by atoms with Gasteiger partial charge < -0.3 is 9.64 Å². The van der Waals surface area contributed by atoms with Crippen LogP contribution >= 0.6 is 0 Å². The van der Waals surface area contributed by atoms with E-state index in [4.69, 9.17) is 7.48 Å². The van der Waals surface area contributed by atoms with Crippen LogP contribution in [0.1, 0.15) is 38.4 Å². The molecule has 3 aromatic rings. The molecule has 1 saturated heterocycles. The summed E-state index contributed by atoms with van der Waals surface area (Å²) in [5.74, 6) is -0.955. The Labute approximate surface area is 184 Å². The Morgan fingerprint density at radius 2 is 1.94 bits per heavy atom. The number of pyridine rings is 1. The fraction of sp³-hybridized carbons (Fsp3) is 0.364. The van der Waals surface area contributed by atoms with E-state index in [1.54, 1.807) is 36.1 Å². The van der Waals surface area contributed by atoms with Crippen LogP contribution < -0.4 is 4.74 Å². The highest BCUT2D eigenvalue weighted by molar-refractivity contribution is 5.98. The van der Waals surface area contributed by atoms with E-state index in [1.807, 2.05) is 0 Å². The van der Waals surface area contributed by atoms with Crippen molar-refractivity contribution in [2.45, 2.75) is 44.1 Å². The molecule has 1 amide bonds. The number of halogens is 3. The molecule has 32 heavy (non-hydrogen) atoms. The van der Waals surface area contributed by atoms with Crippen molar-refractivity contribution in [1.82, 2.24) is 24.9 Å². The van der Waals surface area contributed by atoms with Crippen LogP contribution in [0.3, 0.4) is 0 Å². The Hall–Kier alpha value is -3.43. The van der Waals surface area contributed by atoms with E-state index in [0.29, 0.717) is 23.9 Å². The van der Waals surface area contributed by atoms with Gasteiger partial charge in [-0.3, -0.25) is 4.79 Å². The third-order valence-corrected chi connectivity index (χ3v) is 5.92. The Balaban J connectivity index is 1.44. The summed E-state index contributed by atoms with van der Waals surface area (Å²) in [6, 6.07) is 7.72. The molecule has 0 spiro atoms. The van der Waals surface area contributed by atoms with E-state index in [-0.39, 0.29) is 11.8 Å². The van der Waals surface area contributed by atoms with Gasteiger partial charge in [0.05, 0.1) is 35.2 Å². The molecule has 1 saturated carbocycles. The van der Waals surface area contributed by atoms with Gasteiger partial charge in [-0.05, 0) is 43.8 Å². The maximum Gasteiger partial charge on any atom is 0.417 e. The summed E-state index contributed by atoms with van der Waals surface area (Å²) in [7, 11) is 0. The normalized spacial score (nSPS) is 27.2. The van der Waals surface area contributed by atoms with E-state index in [1.165, 1.54) is 17.2 Å². The van der Waals surface area contributed by atoms with Crippen molar-refractivity contribution in [3.05, 3.63) is 66.1 Å². The maximum absolute atomic E-state index is 13.7. The topological polar surface area (TPSA) is 73.1 Å². The van der Waals surface area contributed by atoms with E-state index >= 15 is 0 Å². The molecule has 3 heterocycles. The van der Waals surface area contributed by atoms with Gasteiger partial charge >= 0.3 is 6.18 Å². The van der Waals surface area contributed by atoms with E-state index < -0.39 is 42.2 Å². The summed E-state index contributed by atoms with van der Waals surface area (Å²) in [6.07, 6.45) is -3.41. The lowest BCUT2D eigenvalue weighted by atomic mass is 9.98. The van der Waals surface area contributed by atoms with E-state index in [2.05, 4.69) is 15.2 Å². The van der Waals surface area contributed by atoms with E-state index in [9.17, 15) is 18.0 Å². The monoisotopic (exact) mass is 445 g/mol. The zero-order valence-electron chi connectivity index (χ0n) is 18.9. The Morgan fingerprint density at radius 3 is 2.59 bits per heavy atom. The number of fused-ring (bicyclic) bond motifs is 2. The summed E-state index contributed by atoms with van der Waals surface area (Å²) < 4.78 is 61.6. The number of para-hydroxylation sites is 1. The molecule has 166 valence electrons. The molecule has 7 nitrogen and oxygen atoms in total. The molecule has 0 N–H and O–H groups in total. The van der Waals surface area contributed by atoms with Crippen molar-refractivity contribution in [1.29, 1.82) is 0 Å². The second-order valence-corrected chi connectivity index (χ2v) is 7.79.